The summed E-state index contributed by atoms with van der Waals surface area (Å²) in [6.45, 7) is 5.81. The largest absolute Gasteiger partial charge is 0.366 e. The lowest BCUT2D eigenvalue weighted by Crippen LogP contribution is -2.31. The van der Waals surface area contributed by atoms with Crippen LogP contribution in [0.25, 0.3) is 5.78 Å². The molecule has 0 bridgehead atoms. The van der Waals surface area contributed by atoms with Gasteiger partial charge in [-0.15, -0.1) is 16.4 Å². The zero-order valence-electron chi connectivity index (χ0n) is 14.1. The van der Waals surface area contributed by atoms with Gasteiger partial charge in [-0.25, -0.2) is 4.98 Å². The molecule has 24 heavy (non-hydrogen) atoms. The second-order valence-corrected chi connectivity index (χ2v) is 6.80. The molecule has 0 aliphatic heterocycles. The molecule has 0 unspecified atom stereocenters. The zero-order chi connectivity index (χ0) is 17.4. The minimum absolute atomic E-state index is 0.0383. The zero-order valence-corrected chi connectivity index (χ0v) is 15.0. The van der Waals surface area contributed by atoms with Crippen LogP contribution in [0.4, 0.5) is 5.95 Å². The molecule has 0 aliphatic rings. The van der Waals surface area contributed by atoms with Crippen LogP contribution in [0.2, 0.25) is 0 Å². The van der Waals surface area contributed by atoms with Gasteiger partial charge < -0.3 is 10.6 Å². The van der Waals surface area contributed by atoms with Crippen molar-refractivity contribution >= 4 is 29.0 Å². The average Bonchev–Trinajstić information content (AvgIpc) is 3.19. The summed E-state index contributed by atoms with van der Waals surface area (Å²) in [4.78, 5) is 24.1. The summed E-state index contributed by atoms with van der Waals surface area (Å²) >= 11 is 1.65. The Morgan fingerprint density at radius 2 is 2.17 bits per heavy atom. The number of rotatable bonds is 4. The SMILES string of the molecule is Cc1nc2nc(N)nn2c(C)c1CC(=O)N(C)[C@@H](C)c1cccs1. The van der Waals surface area contributed by atoms with Gasteiger partial charge in [0.25, 0.3) is 5.78 Å². The van der Waals surface area contributed by atoms with Gasteiger partial charge in [0.2, 0.25) is 11.9 Å². The number of anilines is 1. The molecule has 1 amide bonds. The third kappa shape index (κ3) is 2.84. The summed E-state index contributed by atoms with van der Waals surface area (Å²) in [6.07, 6.45) is 0.270. The fourth-order valence-electron chi connectivity index (χ4n) is 2.69. The van der Waals surface area contributed by atoms with E-state index in [2.05, 4.69) is 15.1 Å². The lowest BCUT2D eigenvalue weighted by Gasteiger charge is -2.24. The number of amides is 1. The van der Waals surface area contributed by atoms with Gasteiger partial charge in [0, 0.05) is 28.9 Å². The van der Waals surface area contributed by atoms with Crippen molar-refractivity contribution in [2.45, 2.75) is 33.2 Å². The maximum Gasteiger partial charge on any atom is 0.254 e. The van der Waals surface area contributed by atoms with Gasteiger partial charge in [-0.05, 0) is 32.2 Å². The van der Waals surface area contributed by atoms with E-state index in [4.69, 9.17) is 5.73 Å². The molecule has 0 radical (unpaired) electrons. The molecule has 3 aromatic rings. The number of hydrogen-bond acceptors (Lipinski definition) is 6. The van der Waals surface area contributed by atoms with Crippen molar-refractivity contribution in [3.8, 4) is 0 Å². The highest BCUT2D eigenvalue weighted by atomic mass is 32.1. The number of fused-ring (bicyclic) bond motifs is 1. The Kier molecular flexibility index (Phi) is 4.23. The van der Waals surface area contributed by atoms with E-state index in [-0.39, 0.29) is 24.3 Å². The maximum atomic E-state index is 12.7. The van der Waals surface area contributed by atoms with E-state index < -0.39 is 0 Å². The van der Waals surface area contributed by atoms with Crippen LogP contribution < -0.4 is 5.73 Å². The topological polar surface area (TPSA) is 89.4 Å². The predicted octanol–water partition coefficient (Wildman–Crippen LogP) is 2.15. The molecule has 126 valence electrons. The van der Waals surface area contributed by atoms with E-state index >= 15 is 0 Å². The Balaban J connectivity index is 1.87. The summed E-state index contributed by atoms with van der Waals surface area (Å²) in [7, 11) is 1.83. The van der Waals surface area contributed by atoms with Crippen molar-refractivity contribution in [1.82, 2.24) is 24.5 Å². The van der Waals surface area contributed by atoms with Crippen molar-refractivity contribution in [3.63, 3.8) is 0 Å². The van der Waals surface area contributed by atoms with E-state index in [9.17, 15) is 4.79 Å². The van der Waals surface area contributed by atoms with Gasteiger partial charge in [-0.1, -0.05) is 6.07 Å². The van der Waals surface area contributed by atoms with Crippen molar-refractivity contribution in [2.75, 3.05) is 12.8 Å². The van der Waals surface area contributed by atoms with Gasteiger partial charge in [0.05, 0.1) is 12.5 Å². The maximum absolute atomic E-state index is 12.7. The van der Waals surface area contributed by atoms with Crippen LogP contribution in [0.15, 0.2) is 17.5 Å². The molecule has 0 aromatic carbocycles. The monoisotopic (exact) mass is 344 g/mol. The minimum atomic E-state index is 0.0383. The van der Waals surface area contributed by atoms with Gasteiger partial charge in [0.1, 0.15) is 0 Å². The lowest BCUT2D eigenvalue weighted by atomic mass is 10.1. The molecule has 0 saturated carbocycles. The van der Waals surface area contributed by atoms with Crippen LogP contribution in [-0.4, -0.2) is 37.4 Å². The third-order valence-corrected chi connectivity index (χ3v) is 5.37. The van der Waals surface area contributed by atoms with Gasteiger partial charge in [-0.3, -0.25) is 4.79 Å². The smallest absolute Gasteiger partial charge is 0.254 e. The number of likely N-dealkylation sites (N-methyl/N-ethyl adjacent to an activating group) is 1. The van der Waals surface area contributed by atoms with Crippen molar-refractivity contribution in [3.05, 3.63) is 39.3 Å². The number of hydrogen-bond donors (Lipinski definition) is 1. The molecule has 0 saturated heterocycles. The Labute approximate surface area is 144 Å². The molecule has 2 N–H and O–H groups in total. The standard InChI is InChI=1S/C16H20N6OS/c1-9-12(10(2)22-16(18-9)19-15(17)20-22)8-14(23)21(4)11(3)13-6-5-7-24-13/h5-7,11H,8H2,1-4H3,(H2,17,20)/t11-/m0/s1. The van der Waals surface area contributed by atoms with Crippen molar-refractivity contribution in [2.24, 2.45) is 0 Å². The number of thiophene rings is 1. The molecule has 7 nitrogen and oxygen atoms in total. The Bertz CT molecular complexity index is 886. The number of aromatic nitrogens is 4. The number of carbonyl (C=O) groups is 1. The van der Waals surface area contributed by atoms with E-state index in [1.54, 1.807) is 20.8 Å². The molecular formula is C16H20N6OS. The summed E-state index contributed by atoms with van der Waals surface area (Å²) in [5.41, 5.74) is 8.13. The van der Waals surface area contributed by atoms with E-state index in [1.165, 1.54) is 0 Å². The van der Waals surface area contributed by atoms with Crippen LogP contribution in [0.1, 0.15) is 34.8 Å². The first-order valence-electron chi connectivity index (χ1n) is 7.66. The van der Waals surface area contributed by atoms with E-state index in [1.807, 2.05) is 45.3 Å². The third-order valence-electron chi connectivity index (χ3n) is 4.32. The molecule has 8 heteroatoms. The minimum Gasteiger partial charge on any atom is -0.366 e. The van der Waals surface area contributed by atoms with Crippen LogP contribution in [0.5, 0.6) is 0 Å². The highest BCUT2D eigenvalue weighted by Crippen LogP contribution is 2.24. The second-order valence-electron chi connectivity index (χ2n) is 5.82. The molecular weight excluding hydrogens is 324 g/mol. The Hall–Kier alpha value is -2.48. The number of nitrogens with two attached hydrogens (primary N) is 1. The molecule has 3 heterocycles. The summed E-state index contributed by atoms with van der Waals surface area (Å²) in [5, 5.41) is 6.16. The molecule has 3 rings (SSSR count). The molecule has 3 aromatic heterocycles. The molecule has 0 spiro atoms. The van der Waals surface area contributed by atoms with Gasteiger partial charge >= 0.3 is 0 Å². The fraction of sp³-hybridized carbons (Fsp3) is 0.375. The normalized spacial score (nSPS) is 12.5. The van der Waals surface area contributed by atoms with Crippen LogP contribution >= 0.6 is 11.3 Å². The first-order valence-corrected chi connectivity index (χ1v) is 8.54. The second kappa shape index (κ2) is 6.20. The quantitative estimate of drug-likeness (QED) is 0.783. The van der Waals surface area contributed by atoms with Crippen LogP contribution in [0.3, 0.4) is 0 Å². The Morgan fingerprint density at radius 3 is 2.83 bits per heavy atom. The van der Waals surface area contributed by atoms with Crippen LogP contribution in [-0.2, 0) is 11.2 Å². The summed E-state index contributed by atoms with van der Waals surface area (Å²) < 4.78 is 1.59. The number of nitrogen functional groups attached to an aromatic ring is 1. The number of nitrogens with zero attached hydrogens (tertiary/aromatic N) is 5. The van der Waals surface area contributed by atoms with Gasteiger partial charge in [-0.2, -0.15) is 9.50 Å². The lowest BCUT2D eigenvalue weighted by molar-refractivity contribution is -0.131. The fourth-order valence-corrected chi connectivity index (χ4v) is 3.52. The summed E-state index contributed by atoms with van der Waals surface area (Å²) in [6, 6.07) is 4.08. The van der Waals surface area contributed by atoms with Crippen LogP contribution in [0, 0.1) is 13.8 Å². The summed E-state index contributed by atoms with van der Waals surface area (Å²) in [5.74, 6) is 0.673. The highest BCUT2D eigenvalue weighted by Gasteiger charge is 2.21. The number of aryl methyl sites for hydroxylation is 2. The molecule has 0 fully saturated rings. The van der Waals surface area contributed by atoms with Crippen molar-refractivity contribution in [1.29, 1.82) is 0 Å². The van der Waals surface area contributed by atoms with E-state index in [0.717, 1.165) is 21.8 Å². The predicted molar refractivity (Wildman–Crippen MR) is 93.9 cm³/mol. The van der Waals surface area contributed by atoms with Gasteiger partial charge in [0.15, 0.2) is 0 Å². The van der Waals surface area contributed by atoms with E-state index in [0.29, 0.717) is 5.78 Å². The molecule has 1 atom stereocenters. The first-order chi connectivity index (χ1) is 11.4. The van der Waals surface area contributed by atoms with Crippen molar-refractivity contribution < 1.29 is 4.79 Å². The molecule has 0 aliphatic carbocycles. The highest BCUT2D eigenvalue weighted by molar-refractivity contribution is 7.10. The number of carbonyl (C=O) groups excluding carboxylic acids is 1. The first kappa shape index (κ1) is 16.4. The Morgan fingerprint density at radius 1 is 1.42 bits per heavy atom. The average molecular weight is 344 g/mol.